The summed E-state index contributed by atoms with van der Waals surface area (Å²) in [7, 11) is 0. The summed E-state index contributed by atoms with van der Waals surface area (Å²) in [4.78, 5) is 10.1. The van der Waals surface area contributed by atoms with Crippen LogP contribution in [-0.2, 0) is 9.53 Å². The second-order valence-corrected chi connectivity index (χ2v) is 1.80. The van der Waals surface area contributed by atoms with Crippen molar-refractivity contribution in [3.63, 3.8) is 0 Å². The zero-order valence-corrected chi connectivity index (χ0v) is 5.81. The third-order valence-electron chi connectivity index (χ3n) is 0.866. The molecule has 0 aliphatic carbocycles. The summed E-state index contributed by atoms with van der Waals surface area (Å²) in [6, 6.07) is 0. The molecule has 5 heteroatoms. The van der Waals surface area contributed by atoms with Crippen LogP contribution in [0.4, 0.5) is 13.2 Å². The van der Waals surface area contributed by atoms with Crippen molar-refractivity contribution in [2.45, 2.75) is 19.2 Å². The van der Waals surface area contributed by atoms with Gasteiger partial charge in [-0.2, -0.15) is 8.78 Å². The number of alkyl halides is 3. The summed E-state index contributed by atoms with van der Waals surface area (Å²) in [5.41, 5.74) is 0. The first-order valence-corrected chi connectivity index (χ1v) is 2.77. The Hall–Kier alpha value is -1.00. The Bertz CT molecular complexity index is 165. The molecule has 1 unspecified atom stereocenters. The van der Waals surface area contributed by atoms with Crippen LogP contribution in [0.1, 0.15) is 6.92 Å². The molecule has 2 nitrogen and oxygen atoms in total. The Morgan fingerprint density at radius 3 is 2.45 bits per heavy atom. The van der Waals surface area contributed by atoms with Gasteiger partial charge in [0, 0.05) is 6.08 Å². The van der Waals surface area contributed by atoms with E-state index in [1.165, 1.54) is 0 Å². The fourth-order valence-corrected chi connectivity index (χ4v) is 0.257. The molecule has 0 saturated heterocycles. The van der Waals surface area contributed by atoms with Gasteiger partial charge in [0.1, 0.15) is 0 Å². The standard InChI is InChI=1S/C6H7F3O2/c1-3-5(10)11-6(8,9)4(2)7/h3-4H,1H2,2H3. The molecule has 0 aromatic heterocycles. The Labute approximate surface area is 61.6 Å². The number of halogens is 3. The predicted octanol–water partition coefficient (Wildman–Crippen LogP) is 1.67. The van der Waals surface area contributed by atoms with E-state index in [-0.39, 0.29) is 0 Å². The average Bonchev–Trinajstić information content (AvgIpc) is 1.86. The van der Waals surface area contributed by atoms with Crippen molar-refractivity contribution >= 4 is 5.97 Å². The lowest BCUT2D eigenvalue weighted by Crippen LogP contribution is -2.32. The molecule has 0 fully saturated rings. The third kappa shape index (κ3) is 3.06. The first kappa shape index (κ1) is 10.0. The Morgan fingerprint density at radius 1 is 1.73 bits per heavy atom. The van der Waals surface area contributed by atoms with Crippen LogP contribution in [0, 0.1) is 0 Å². The molecule has 0 aliphatic rings. The summed E-state index contributed by atoms with van der Waals surface area (Å²) >= 11 is 0. The normalized spacial score (nSPS) is 13.8. The topological polar surface area (TPSA) is 26.3 Å². The average molecular weight is 168 g/mol. The highest BCUT2D eigenvalue weighted by Gasteiger charge is 2.40. The van der Waals surface area contributed by atoms with Crippen molar-refractivity contribution in [3.8, 4) is 0 Å². The number of carbonyl (C=O) groups excluding carboxylic acids is 1. The summed E-state index contributed by atoms with van der Waals surface area (Å²) in [5.74, 6) is -1.35. The predicted molar refractivity (Wildman–Crippen MR) is 31.8 cm³/mol. The van der Waals surface area contributed by atoms with Crippen LogP contribution in [0.25, 0.3) is 0 Å². The first-order chi connectivity index (χ1) is 4.90. The lowest BCUT2D eigenvalue weighted by Gasteiger charge is -2.15. The molecule has 0 aliphatic heterocycles. The number of rotatable bonds is 3. The molecule has 1 atom stereocenters. The van der Waals surface area contributed by atoms with Crippen LogP contribution in [-0.4, -0.2) is 18.2 Å². The molecule has 0 N–H and O–H groups in total. The van der Waals surface area contributed by atoms with E-state index in [4.69, 9.17) is 0 Å². The molecular weight excluding hydrogens is 161 g/mol. The van der Waals surface area contributed by atoms with Gasteiger partial charge in [0.05, 0.1) is 0 Å². The van der Waals surface area contributed by atoms with Crippen LogP contribution in [0.15, 0.2) is 12.7 Å². The van der Waals surface area contributed by atoms with Gasteiger partial charge in [0.25, 0.3) is 0 Å². The summed E-state index contributed by atoms with van der Waals surface area (Å²) in [6.45, 7) is 3.47. The zero-order valence-electron chi connectivity index (χ0n) is 5.81. The Morgan fingerprint density at radius 2 is 2.18 bits per heavy atom. The zero-order chi connectivity index (χ0) is 9.07. The second kappa shape index (κ2) is 3.41. The molecule has 0 saturated carbocycles. The van der Waals surface area contributed by atoms with Gasteiger partial charge in [0.15, 0.2) is 0 Å². The van der Waals surface area contributed by atoms with Gasteiger partial charge in [-0.05, 0) is 6.92 Å². The van der Waals surface area contributed by atoms with Crippen molar-refractivity contribution in [2.75, 3.05) is 0 Å². The van der Waals surface area contributed by atoms with Crippen LogP contribution < -0.4 is 0 Å². The number of hydrogen-bond donors (Lipinski definition) is 0. The molecule has 11 heavy (non-hydrogen) atoms. The SMILES string of the molecule is C=CC(=O)OC(F)(F)C(C)F. The van der Waals surface area contributed by atoms with Gasteiger partial charge in [-0.3, -0.25) is 0 Å². The van der Waals surface area contributed by atoms with E-state index in [9.17, 15) is 18.0 Å². The first-order valence-electron chi connectivity index (χ1n) is 2.77. The molecule has 0 rings (SSSR count). The highest BCUT2D eigenvalue weighted by Crippen LogP contribution is 2.22. The molecule has 0 heterocycles. The van der Waals surface area contributed by atoms with Gasteiger partial charge >= 0.3 is 12.1 Å². The number of carbonyl (C=O) groups is 1. The van der Waals surface area contributed by atoms with Gasteiger partial charge < -0.3 is 4.74 Å². The monoisotopic (exact) mass is 168 g/mol. The fraction of sp³-hybridized carbons (Fsp3) is 0.500. The van der Waals surface area contributed by atoms with E-state index < -0.39 is 18.2 Å². The molecular formula is C6H7F3O2. The fourth-order valence-electron chi connectivity index (χ4n) is 0.257. The minimum Gasteiger partial charge on any atom is -0.395 e. The second-order valence-electron chi connectivity index (χ2n) is 1.80. The molecule has 0 aromatic rings. The Balaban J connectivity index is 4.11. The van der Waals surface area contributed by atoms with Gasteiger partial charge in [0.2, 0.25) is 6.17 Å². The molecule has 0 amide bonds. The maximum atomic E-state index is 12.1. The quantitative estimate of drug-likeness (QED) is 0.473. The molecule has 0 bridgehead atoms. The Kier molecular flexibility index (Phi) is 3.10. The van der Waals surface area contributed by atoms with Gasteiger partial charge in [-0.1, -0.05) is 6.58 Å². The van der Waals surface area contributed by atoms with Gasteiger partial charge in [-0.25, -0.2) is 9.18 Å². The number of esters is 1. The molecule has 0 spiro atoms. The van der Waals surface area contributed by atoms with Crippen LogP contribution in [0.5, 0.6) is 0 Å². The number of ether oxygens (including phenoxy) is 1. The van der Waals surface area contributed by atoms with Crippen molar-refractivity contribution in [3.05, 3.63) is 12.7 Å². The number of hydrogen-bond acceptors (Lipinski definition) is 2. The van der Waals surface area contributed by atoms with E-state index in [1.54, 1.807) is 0 Å². The van der Waals surface area contributed by atoms with Crippen molar-refractivity contribution < 1.29 is 22.7 Å². The minimum absolute atomic E-state index is 0.538. The van der Waals surface area contributed by atoms with Crippen molar-refractivity contribution in [1.29, 1.82) is 0 Å². The molecule has 0 radical (unpaired) electrons. The van der Waals surface area contributed by atoms with Crippen LogP contribution >= 0.6 is 0 Å². The third-order valence-corrected chi connectivity index (χ3v) is 0.866. The van der Waals surface area contributed by atoms with Crippen LogP contribution in [0.3, 0.4) is 0 Å². The maximum Gasteiger partial charge on any atom is 0.431 e. The maximum absolute atomic E-state index is 12.1. The summed E-state index contributed by atoms with van der Waals surface area (Å²) < 4.78 is 39.5. The van der Waals surface area contributed by atoms with E-state index in [2.05, 4.69) is 11.3 Å². The highest BCUT2D eigenvalue weighted by atomic mass is 19.3. The van der Waals surface area contributed by atoms with Gasteiger partial charge in [-0.15, -0.1) is 0 Å². The van der Waals surface area contributed by atoms with E-state index in [0.29, 0.717) is 13.0 Å². The lowest BCUT2D eigenvalue weighted by atomic mass is 10.4. The summed E-state index contributed by atoms with van der Waals surface area (Å²) in [5, 5.41) is 0. The van der Waals surface area contributed by atoms with Crippen LogP contribution in [0.2, 0.25) is 0 Å². The molecule has 0 aromatic carbocycles. The van der Waals surface area contributed by atoms with E-state index >= 15 is 0 Å². The molecule has 64 valence electrons. The highest BCUT2D eigenvalue weighted by molar-refractivity contribution is 5.81. The van der Waals surface area contributed by atoms with Crippen molar-refractivity contribution in [1.82, 2.24) is 0 Å². The minimum atomic E-state index is -4.06. The van der Waals surface area contributed by atoms with E-state index in [0.717, 1.165) is 0 Å². The lowest BCUT2D eigenvalue weighted by molar-refractivity contribution is -0.254. The van der Waals surface area contributed by atoms with E-state index in [1.807, 2.05) is 0 Å². The smallest absolute Gasteiger partial charge is 0.395 e. The summed E-state index contributed by atoms with van der Waals surface area (Å²) in [6.07, 6.45) is -6.05. The van der Waals surface area contributed by atoms with Crippen molar-refractivity contribution in [2.24, 2.45) is 0 Å². The largest absolute Gasteiger partial charge is 0.431 e.